The Morgan fingerprint density at radius 1 is 1.56 bits per heavy atom. The van der Waals surface area contributed by atoms with Gasteiger partial charge in [-0.1, -0.05) is 17.7 Å². The van der Waals surface area contributed by atoms with Gasteiger partial charge in [0.2, 0.25) is 5.91 Å². The van der Waals surface area contributed by atoms with E-state index < -0.39 is 6.04 Å². The molecule has 2 rings (SSSR count). The van der Waals surface area contributed by atoms with Crippen LogP contribution in [0.3, 0.4) is 0 Å². The first-order valence-electron chi connectivity index (χ1n) is 6.06. The number of aliphatic hydroxyl groups is 1. The van der Waals surface area contributed by atoms with Crippen LogP contribution in [0.4, 0.5) is 5.69 Å². The predicted molar refractivity (Wildman–Crippen MR) is 71.9 cm³/mol. The highest BCUT2D eigenvalue weighted by Crippen LogP contribution is 2.25. The Morgan fingerprint density at radius 3 is 3.00 bits per heavy atom. The average molecular weight is 269 g/mol. The van der Waals surface area contributed by atoms with Crippen molar-refractivity contribution < 1.29 is 9.90 Å². The number of hydrogen-bond donors (Lipinski definition) is 2. The Morgan fingerprint density at radius 2 is 2.33 bits per heavy atom. The standard InChI is InChI=1S/C13H17ClN2O2/c1-9-5-6-15-13(18)12(8-17)16(9)11-4-2-3-10(14)7-11/h2-4,7,9,12,17H,5-6,8H2,1H3,(H,15,18). The van der Waals surface area contributed by atoms with Crippen LogP contribution in [-0.4, -0.2) is 36.2 Å². The molecule has 1 heterocycles. The molecule has 1 aromatic carbocycles. The summed E-state index contributed by atoms with van der Waals surface area (Å²) in [4.78, 5) is 13.9. The molecule has 1 aromatic rings. The number of amides is 1. The molecule has 0 aliphatic carbocycles. The average Bonchev–Trinajstić information content (AvgIpc) is 2.48. The monoisotopic (exact) mass is 268 g/mol. The topological polar surface area (TPSA) is 52.6 Å². The van der Waals surface area contributed by atoms with E-state index in [4.69, 9.17) is 11.6 Å². The molecule has 2 unspecified atom stereocenters. The lowest BCUT2D eigenvalue weighted by Gasteiger charge is -2.34. The van der Waals surface area contributed by atoms with Crippen LogP contribution in [0, 0.1) is 0 Å². The molecule has 0 spiro atoms. The van der Waals surface area contributed by atoms with Crippen molar-refractivity contribution in [3.63, 3.8) is 0 Å². The van der Waals surface area contributed by atoms with Crippen molar-refractivity contribution in [1.82, 2.24) is 5.32 Å². The second-order valence-corrected chi connectivity index (χ2v) is 4.95. The van der Waals surface area contributed by atoms with Crippen LogP contribution in [0.15, 0.2) is 24.3 Å². The molecule has 1 fully saturated rings. The molecule has 0 radical (unpaired) electrons. The number of nitrogens with zero attached hydrogens (tertiary/aromatic N) is 1. The van der Waals surface area contributed by atoms with Crippen LogP contribution in [-0.2, 0) is 4.79 Å². The summed E-state index contributed by atoms with van der Waals surface area (Å²) in [5.41, 5.74) is 0.867. The molecule has 1 saturated heterocycles. The predicted octanol–water partition coefficient (Wildman–Crippen LogP) is 1.42. The second kappa shape index (κ2) is 5.59. The van der Waals surface area contributed by atoms with Crippen molar-refractivity contribution in [2.45, 2.75) is 25.4 Å². The lowest BCUT2D eigenvalue weighted by atomic mass is 10.1. The molecule has 1 aliphatic heterocycles. The Balaban J connectivity index is 2.38. The zero-order chi connectivity index (χ0) is 13.1. The molecular formula is C13H17ClN2O2. The minimum Gasteiger partial charge on any atom is -0.394 e. The van der Waals surface area contributed by atoms with Crippen molar-refractivity contribution in [3.8, 4) is 0 Å². The number of aliphatic hydroxyl groups excluding tert-OH is 1. The number of rotatable bonds is 2. The third kappa shape index (κ3) is 2.60. The number of carbonyl (C=O) groups excluding carboxylic acids is 1. The Labute approximate surface area is 112 Å². The minimum atomic E-state index is -0.555. The van der Waals surface area contributed by atoms with Crippen LogP contribution in [0.5, 0.6) is 0 Å². The first kappa shape index (κ1) is 13.2. The maximum atomic E-state index is 11.9. The number of nitrogens with one attached hydrogen (secondary N) is 1. The van der Waals surface area contributed by atoms with E-state index in [1.807, 2.05) is 30.0 Å². The molecule has 0 aromatic heterocycles. The lowest BCUT2D eigenvalue weighted by molar-refractivity contribution is -0.122. The largest absolute Gasteiger partial charge is 0.394 e. The van der Waals surface area contributed by atoms with E-state index >= 15 is 0 Å². The van der Waals surface area contributed by atoms with Crippen LogP contribution in [0.25, 0.3) is 0 Å². The van der Waals surface area contributed by atoms with Crippen LogP contribution < -0.4 is 10.2 Å². The summed E-state index contributed by atoms with van der Waals surface area (Å²) >= 11 is 5.99. The summed E-state index contributed by atoms with van der Waals surface area (Å²) in [6.07, 6.45) is 0.842. The van der Waals surface area contributed by atoms with E-state index in [1.165, 1.54) is 0 Å². The van der Waals surface area contributed by atoms with E-state index in [2.05, 4.69) is 5.32 Å². The van der Waals surface area contributed by atoms with Gasteiger partial charge in [0.1, 0.15) is 6.04 Å². The van der Waals surface area contributed by atoms with Gasteiger partial charge in [-0.05, 0) is 31.5 Å². The van der Waals surface area contributed by atoms with Crippen molar-refractivity contribution >= 4 is 23.2 Å². The quantitative estimate of drug-likeness (QED) is 0.853. The molecule has 0 bridgehead atoms. The van der Waals surface area contributed by atoms with Gasteiger partial charge < -0.3 is 15.3 Å². The van der Waals surface area contributed by atoms with E-state index in [0.29, 0.717) is 11.6 Å². The molecule has 5 heteroatoms. The summed E-state index contributed by atoms with van der Waals surface area (Å²) in [5.74, 6) is -0.137. The zero-order valence-electron chi connectivity index (χ0n) is 10.3. The summed E-state index contributed by atoms with van der Waals surface area (Å²) in [7, 11) is 0. The second-order valence-electron chi connectivity index (χ2n) is 4.51. The highest BCUT2D eigenvalue weighted by atomic mass is 35.5. The van der Waals surface area contributed by atoms with Crippen molar-refractivity contribution in [2.75, 3.05) is 18.1 Å². The fourth-order valence-corrected chi connectivity index (χ4v) is 2.52. The highest BCUT2D eigenvalue weighted by Gasteiger charge is 2.31. The van der Waals surface area contributed by atoms with Crippen molar-refractivity contribution in [2.24, 2.45) is 0 Å². The van der Waals surface area contributed by atoms with Gasteiger partial charge in [0.25, 0.3) is 0 Å². The molecule has 2 N–H and O–H groups in total. The first-order chi connectivity index (χ1) is 8.63. The molecule has 18 heavy (non-hydrogen) atoms. The van der Waals surface area contributed by atoms with E-state index in [1.54, 1.807) is 6.07 Å². The third-order valence-electron chi connectivity index (χ3n) is 3.25. The third-order valence-corrected chi connectivity index (χ3v) is 3.49. The lowest BCUT2D eigenvalue weighted by Crippen LogP contribution is -2.49. The number of hydrogen-bond acceptors (Lipinski definition) is 3. The normalized spacial score (nSPS) is 24.6. The van der Waals surface area contributed by atoms with Crippen LogP contribution >= 0.6 is 11.6 Å². The van der Waals surface area contributed by atoms with Gasteiger partial charge in [-0.2, -0.15) is 0 Å². The van der Waals surface area contributed by atoms with Gasteiger partial charge in [-0.15, -0.1) is 0 Å². The van der Waals surface area contributed by atoms with Crippen molar-refractivity contribution in [3.05, 3.63) is 29.3 Å². The van der Waals surface area contributed by atoms with E-state index in [-0.39, 0.29) is 18.6 Å². The number of anilines is 1. The van der Waals surface area contributed by atoms with Gasteiger partial charge >= 0.3 is 0 Å². The van der Waals surface area contributed by atoms with Gasteiger partial charge in [-0.3, -0.25) is 4.79 Å². The summed E-state index contributed by atoms with van der Waals surface area (Å²) < 4.78 is 0. The SMILES string of the molecule is CC1CCNC(=O)C(CO)N1c1cccc(Cl)c1. The minimum absolute atomic E-state index is 0.137. The van der Waals surface area contributed by atoms with E-state index in [9.17, 15) is 9.90 Å². The number of benzene rings is 1. The molecule has 1 aliphatic rings. The summed E-state index contributed by atoms with van der Waals surface area (Å²) in [6.45, 7) is 2.47. The van der Waals surface area contributed by atoms with E-state index in [0.717, 1.165) is 12.1 Å². The van der Waals surface area contributed by atoms with Gasteiger partial charge in [0, 0.05) is 23.3 Å². The maximum absolute atomic E-state index is 11.9. The number of carbonyl (C=O) groups is 1. The van der Waals surface area contributed by atoms with Crippen LogP contribution in [0.1, 0.15) is 13.3 Å². The Hall–Kier alpha value is -1.26. The Bertz CT molecular complexity index is 439. The molecule has 1 amide bonds. The van der Waals surface area contributed by atoms with Gasteiger partial charge in [0.05, 0.1) is 6.61 Å². The smallest absolute Gasteiger partial charge is 0.245 e. The molecule has 0 saturated carbocycles. The number of halogens is 1. The van der Waals surface area contributed by atoms with Gasteiger partial charge in [-0.25, -0.2) is 0 Å². The molecule has 98 valence electrons. The Kier molecular flexibility index (Phi) is 4.09. The fraction of sp³-hybridized carbons (Fsp3) is 0.462. The fourth-order valence-electron chi connectivity index (χ4n) is 2.34. The molecule has 4 nitrogen and oxygen atoms in total. The summed E-state index contributed by atoms with van der Waals surface area (Å²) in [6, 6.07) is 6.98. The van der Waals surface area contributed by atoms with Crippen LogP contribution in [0.2, 0.25) is 5.02 Å². The highest BCUT2D eigenvalue weighted by molar-refractivity contribution is 6.30. The first-order valence-corrected chi connectivity index (χ1v) is 6.43. The maximum Gasteiger partial charge on any atom is 0.245 e. The summed E-state index contributed by atoms with van der Waals surface area (Å²) in [5, 5.41) is 12.9. The van der Waals surface area contributed by atoms with Gasteiger partial charge in [0.15, 0.2) is 0 Å². The molecule has 2 atom stereocenters. The van der Waals surface area contributed by atoms with Crippen molar-refractivity contribution in [1.29, 1.82) is 0 Å². The zero-order valence-corrected chi connectivity index (χ0v) is 11.0. The molecular weight excluding hydrogens is 252 g/mol.